The lowest BCUT2D eigenvalue weighted by Gasteiger charge is -2.11. The predicted octanol–water partition coefficient (Wildman–Crippen LogP) is 3.92. The van der Waals surface area contributed by atoms with Crippen molar-refractivity contribution in [3.05, 3.63) is 39.8 Å². The molecule has 4 nitrogen and oxygen atoms in total. The zero-order valence-corrected chi connectivity index (χ0v) is 13.0. The fourth-order valence-electron chi connectivity index (χ4n) is 1.91. The van der Waals surface area contributed by atoms with Crippen molar-refractivity contribution in [2.75, 3.05) is 13.7 Å². The Morgan fingerprint density at radius 3 is 2.86 bits per heavy atom. The van der Waals surface area contributed by atoms with Gasteiger partial charge in [0.25, 0.3) is 0 Å². The molecule has 0 fully saturated rings. The smallest absolute Gasteiger partial charge is 0.167 e. The number of methoxy groups -OCH3 is 1. The van der Waals surface area contributed by atoms with Crippen LogP contribution in [0.5, 0.6) is 11.5 Å². The third kappa shape index (κ3) is 3.41. The van der Waals surface area contributed by atoms with E-state index in [2.05, 4.69) is 11.1 Å². The van der Waals surface area contributed by atoms with Crippen LogP contribution in [0.1, 0.15) is 23.2 Å². The van der Waals surface area contributed by atoms with E-state index in [4.69, 9.17) is 9.47 Å². The van der Waals surface area contributed by atoms with Crippen LogP contribution >= 0.6 is 11.3 Å². The van der Waals surface area contributed by atoms with Crippen molar-refractivity contribution in [1.82, 2.24) is 4.98 Å². The number of para-hydroxylation sites is 1. The zero-order valence-electron chi connectivity index (χ0n) is 12.2. The minimum atomic E-state index is 0.514. The second-order valence-electron chi connectivity index (χ2n) is 4.28. The second-order valence-corrected chi connectivity index (χ2v) is 5.13. The van der Waals surface area contributed by atoms with Crippen molar-refractivity contribution in [2.24, 2.45) is 0 Å². The number of ether oxygens (including phenoxy) is 2. The molecule has 0 amide bonds. The van der Waals surface area contributed by atoms with E-state index in [-0.39, 0.29) is 0 Å². The highest BCUT2D eigenvalue weighted by atomic mass is 32.1. The second kappa shape index (κ2) is 6.91. The summed E-state index contributed by atoms with van der Waals surface area (Å²) >= 11 is 1.46. The molecule has 0 unspecified atom stereocenters. The topological polar surface area (TPSA) is 55.1 Å². The van der Waals surface area contributed by atoms with E-state index in [9.17, 15) is 5.26 Å². The highest BCUT2D eigenvalue weighted by molar-refractivity contribution is 7.11. The molecular weight excluding hydrogens is 284 g/mol. The average Bonchev–Trinajstić information content (AvgIpc) is 2.91. The minimum Gasteiger partial charge on any atom is -0.492 e. The van der Waals surface area contributed by atoms with E-state index in [1.54, 1.807) is 13.2 Å². The number of nitrogens with zero attached hydrogens (tertiary/aromatic N) is 2. The number of aryl methyl sites for hydroxylation is 1. The monoisotopic (exact) mass is 300 g/mol. The summed E-state index contributed by atoms with van der Waals surface area (Å²) in [5, 5.41) is 12.0. The van der Waals surface area contributed by atoms with Crippen LogP contribution in [0.25, 0.3) is 11.6 Å². The van der Waals surface area contributed by atoms with Crippen LogP contribution in [0.15, 0.2) is 23.6 Å². The van der Waals surface area contributed by atoms with E-state index in [0.717, 1.165) is 11.3 Å². The molecular formula is C16H16N2O2S. The summed E-state index contributed by atoms with van der Waals surface area (Å²) in [6, 6.07) is 7.81. The van der Waals surface area contributed by atoms with Gasteiger partial charge >= 0.3 is 0 Å². The maximum atomic E-state index is 9.36. The Kier molecular flexibility index (Phi) is 4.96. The van der Waals surface area contributed by atoms with E-state index in [1.165, 1.54) is 11.3 Å². The molecule has 1 heterocycles. The van der Waals surface area contributed by atoms with Crippen LogP contribution in [0.3, 0.4) is 0 Å². The van der Waals surface area contributed by atoms with Crippen molar-refractivity contribution in [2.45, 2.75) is 13.8 Å². The number of hydrogen-bond acceptors (Lipinski definition) is 5. The number of rotatable bonds is 5. The first kappa shape index (κ1) is 15.1. The molecule has 21 heavy (non-hydrogen) atoms. The van der Waals surface area contributed by atoms with E-state index < -0.39 is 0 Å². The summed E-state index contributed by atoms with van der Waals surface area (Å²) in [4.78, 5) is 4.35. The van der Waals surface area contributed by atoms with Gasteiger partial charge < -0.3 is 9.47 Å². The standard InChI is InChI=1S/C16H16N2O2S/c1-4-20-14-7-5-6-12(15(14)19-3)8-13(9-17)16-18-11(2)10-21-16/h5-8,10H,4H2,1-3H3/b13-8-. The van der Waals surface area contributed by atoms with Crippen molar-refractivity contribution >= 4 is 23.0 Å². The number of aromatic nitrogens is 1. The summed E-state index contributed by atoms with van der Waals surface area (Å²) in [6.45, 7) is 4.38. The van der Waals surface area contributed by atoms with Crippen molar-refractivity contribution in [1.29, 1.82) is 5.26 Å². The fraction of sp³-hybridized carbons (Fsp3) is 0.250. The maximum absolute atomic E-state index is 9.36. The third-order valence-corrected chi connectivity index (χ3v) is 3.78. The highest BCUT2D eigenvalue weighted by Gasteiger charge is 2.11. The van der Waals surface area contributed by atoms with Crippen LogP contribution in [0, 0.1) is 18.3 Å². The van der Waals surface area contributed by atoms with Crippen LogP contribution in [0.2, 0.25) is 0 Å². The van der Waals surface area contributed by atoms with Crippen LogP contribution in [-0.2, 0) is 0 Å². The molecule has 0 saturated heterocycles. The molecule has 5 heteroatoms. The van der Waals surface area contributed by atoms with Gasteiger partial charge in [-0.3, -0.25) is 0 Å². The van der Waals surface area contributed by atoms with E-state index >= 15 is 0 Å². The number of benzene rings is 1. The molecule has 0 aliphatic carbocycles. The van der Waals surface area contributed by atoms with Gasteiger partial charge in [-0.05, 0) is 26.0 Å². The number of allylic oxidation sites excluding steroid dienone is 1. The summed E-state index contributed by atoms with van der Waals surface area (Å²) in [5.41, 5.74) is 2.22. The molecule has 2 aromatic rings. The Hall–Kier alpha value is -2.32. The maximum Gasteiger partial charge on any atom is 0.167 e. The molecule has 0 aliphatic heterocycles. The van der Waals surface area contributed by atoms with E-state index in [0.29, 0.717) is 28.7 Å². The van der Waals surface area contributed by atoms with E-state index in [1.807, 2.05) is 37.4 Å². The molecule has 0 bridgehead atoms. The first-order chi connectivity index (χ1) is 10.2. The Balaban J connectivity index is 2.48. The number of hydrogen-bond donors (Lipinski definition) is 0. The lowest BCUT2D eigenvalue weighted by Crippen LogP contribution is -1.97. The van der Waals surface area contributed by atoms with Gasteiger partial charge in [0.05, 0.1) is 19.3 Å². The quantitative estimate of drug-likeness (QED) is 0.785. The molecule has 108 valence electrons. The summed E-state index contributed by atoms with van der Waals surface area (Å²) in [7, 11) is 1.59. The fourth-order valence-corrected chi connectivity index (χ4v) is 2.67. The molecule has 2 rings (SSSR count). The predicted molar refractivity (Wildman–Crippen MR) is 84.5 cm³/mol. The Bertz CT molecular complexity index is 699. The first-order valence-electron chi connectivity index (χ1n) is 6.53. The SMILES string of the molecule is CCOc1cccc(/C=C(/C#N)c2nc(C)cs2)c1OC. The van der Waals surface area contributed by atoms with Gasteiger partial charge in [0.1, 0.15) is 11.1 Å². The average molecular weight is 300 g/mol. The van der Waals surface area contributed by atoms with Gasteiger partial charge in [-0.2, -0.15) is 5.26 Å². The van der Waals surface area contributed by atoms with Gasteiger partial charge in [-0.15, -0.1) is 11.3 Å². The lowest BCUT2D eigenvalue weighted by molar-refractivity contribution is 0.310. The summed E-state index contributed by atoms with van der Waals surface area (Å²) < 4.78 is 11.0. The molecule has 0 aliphatic rings. The first-order valence-corrected chi connectivity index (χ1v) is 7.41. The zero-order chi connectivity index (χ0) is 15.2. The van der Waals surface area contributed by atoms with Crippen LogP contribution in [-0.4, -0.2) is 18.7 Å². The third-order valence-electron chi connectivity index (χ3n) is 2.78. The molecule has 0 spiro atoms. The van der Waals surface area contributed by atoms with Crippen LogP contribution < -0.4 is 9.47 Å². The van der Waals surface area contributed by atoms with Crippen molar-refractivity contribution in [3.63, 3.8) is 0 Å². The molecule has 0 atom stereocenters. The Morgan fingerprint density at radius 1 is 1.48 bits per heavy atom. The lowest BCUT2D eigenvalue weighted by atomic mass is 10.1. The number of nitriles is 1. The molecule has 0 radical (unpaired) electrons. The summed E-state index contributed by atoms with van der Waals surface area (Å²) in [6.07, 6.45) is 1.78. The van der Waals surface area contributed by atoms with Crippen molar-refractivity contribution in [3.8, 4) is 17.6 Å². The molecule has 1 aromatic heterocycles. The molecule has 0 N–H and O–H groups in total. The van der Waals surface area contributed by atoms with Gasteiger partial charge in [0.15, 0.2) is 11.5 Å². The largest absolute Gasteiger partial charge is 0.492 e. The highest BCUT2D eigenvalue weighted by Crippen LogP contribution is 2.33. The Morgan fingerprint density at radius 2 is 2.29 bits per heavy atom. The van der Waals surface area contributed by atoms with Gasteiger partial charge in [-0.1, -0.05) is 12.1 Å². The Labute approximate surface area is 128 Å². The van der Waals surface area contributed by atoms with Gasteiger partial charge in [0.2, 0.25) is 0 Å². The van der Waals surface area contributed by atoms with Gasteiger partial charge in [-0.25, -0.2) is 4.98 Å². The van der Waals surface area contributed by atoms with Crippen molar-refractivity contribution < 1.29 is 9.47 Å². The number of thiazole rings is 1. The molecule has 0 saturated carbocycles. The van der Waals surface area contributed by atoms with Gasteiger partial charge in [0, 0.05) is 16.6 Å². The normalized spacial score (nSPS) is 11.0. The molecule has 1 aromatic carbocycles. The minimum absolute atomic E-state index is 0.514. The summed E-state index contributed by atoms with van der Waals surface area (Å²) in [5.74, 6) is 1.29. The van der Waals surface area contributed by atoms with Crippen LogP contribution in [0.4, 0.5) is 0 Å².